The summed E-state index contributed by atoms with van der Waals surface area (Å²) in [5.41, 5.74) is 1.81. The smallest absolute Gasteiger partial charge is 0.303 e. The van der Waals surface area contributed by atoms with Crippen LogP contribution in [0.3, 0.4) is 0 Å². The van der Waals surface area contributed by atoms with E-state index in [1.165, 1.54) is 0 Å². The normalized spacial score (nSPS) is 10.7. The van der Waals surface area contributed by atoms with E-state index in [0.717, 1.165) is 21.7 Å². The molecule has 90 valence electrons. The SMILES string of the molecule is Cn1c(CCC(=O)O)nc(-c2cc[nH]c2)c1Br. The highest BCUT2D eigenvalue weighted by molar-refractivity contribution is 9.10. The number of carbonyl (C=O) groups is 1. The van der Waals surface area contributed by atoms with Crippen molar-refractivity contribution in [2.45, 2.75) is 12.8 Å². The van der Waals surface area contributed by atoms with E-state index in [0.29, 0.717) is 6.42 Å². The van der Waals surface area contributed by atoms with Gasteiger partial charge in [-0.2, -0.15) is 0 Å². The number of carboxylic acid groups (broad SMARTS) is 1. The molecule has 5 nitrogen and oxygen atoms in total. The van der Waals surface area contributed by atoms with Gasteiger partial charge >= 0.3 is 5.97 Å². The molecule has 6 heteroatoms. The van der Waals surface area contributed by atoms with Crippen LogP contribution in [0, 0.1) is 0 Å². The van der Waals surface area contributed by atoms with E-state index in [1.54, 1.807) is 0 Å². The van der Waals surface area contributed by atoms with Gasteiger partial charge in [0.25, 0.3) is 0 Å². The monoisotopic (exact) mass is 297 g/mol. The lowest BCUT2D eigenvalue weighted by Gasteiger charge is -1.99. The van der Waals surface area contributed by atoms with Crippen molar-refractivity contribution >= 4 is 21.9 Å². The van der Waals surface area contributed by atoms with Crippen molar-refractivity contribution in [3.63, 3.8) is 0 Å². The number of H-pyrrole nitrogens is 1. The molecule has 2 rings (SSSR count). The Morgan fingerprint density at radius 3 is 3.00 bits per heavy atom. The molecular weight excluding hydrogens is 286 g/mol. The Labute approximate surface area is 107 Å². The summed E-state index contributed by atoms with van der Waals surface area (Å²) < 4.78 is 2.73. The summed E-state index contributed by atoms with van der Waals surface area (Å²) in [6.45, 7) is 0. The first-order valence-corrected chi connectivity index (χ1v) is 5.95. The van der Waals surface area contributed by atoms with Crippen LogP contribution in [0.25, 0.3) is 11.3 Å². The predicted molar refractivity (Wildman–Crippen MR) is 66.7 cm³/mol. The minimum absolute atomic E-state index is 0.0872. The maximum Gasteiger partial charge on any atom is 0.303 e. The lowest BCUT2D eigenvalue weighted by molar-refractivity contribution is -0.137. The summed E-state index contributed by atoms with van der Waals surface area (Å²) in [4.78, 5) is 18.0. The number of aromatic amines is 1. The van der Waals surface area contributed by atoms with E-state index in [4.69, 9.17) is 5.11 Å². The molecule has 0 amide bonds. The molecular formula is C11H12BrN3O2. The van der Waals surface area contributed by atoms with Crippen molar-refractivity contribution in [2.75, 3.05) is 0 Å². The summed E-state index contributed by atoms with van der Waals surface area (Å²) in [5, 5.41) is 8.67. The van der Waals surface area contributed by atoms with Gasteiger partial charge in [0.1, 0.15) is 16.1 Å². The fourth-order valence-electron chi connectivity index (χ4n) is 1.62. The molecule has 0 fully saturated rings. The molecule has 0 aliphatic heterocycles. The summed E-state index contributed by atoms with van der Waals surface area (Å²) >= 11 is 3.47. The molecule has 0 radical (unpaired) electrons. The molecule has 2 N–H and O–H groups in total. The number of hydrogen-bond acceptors (Lipinski definition) is 2. The van der Waals surface area contributed by atoms with Crippen LogP contribution >= 0.6 is 15.9 Å². The number of nitrogens with one attached hydrogen (secondary N) is 1. The zero-order valence-corrected chi connectivity index (χ0v) is 10.9. The molecule has 2 heterocycles. The van der Waals surface area contributed by atoms with E-state index in [1.807, 2.05) is 30.1 Å². The first-order chi connectivity index (χ1) is 8.09. The van der Waals surface area contributed by atoms with E-state index in [-0.39, 0.29) is 6.42 Å². The molecule has 2 aromatic heterocycles. The number of aryl methyl sites for hydroxylation is 1. The predicted octanol–water partition coefficient (Wildman–Crippen LogP) is 2.19. The number of hydrogen-bond donors (Lipinski definition) is 2. The van der Waals surface area contributed by atoms with Crippen LogP contribution in [0.15, 0.2) is 23.1 Å². The van der Waals surface area contributed by atoms with Crippen LogP contribution in [0.4, 0.5) is 0 Å². The highest BCUT2D eigenvalue weighted by Gasteiger charge is 2.14. The second kappa shape index (κ2) is 4.75. The molecule has 0 aromatic carbocycles. The molecule has 0 atom stereocenters. The standard InChI is InChI=1S/C11H12BrN3O2/c1-15-8(2-3-9(16)17)14-10(11(15)12)7-4-5-13-6-7/h4-6,13H,2-3H2,1H3,(H,16,17). The largest absolute Gasteiger partial charge is 0.481 e. The van der Waals surface area contributed by atoms with Gasteiger partial charge in [-0.1, -0.05) is 0 Å². The second-order valence-corrected chi connectivity index (χ2v) is 4.47. The van der Waals surface area contributed by atoms with Crippen LogP contribution < -0.4 is 0 Å². The van der Waals surface area contributed by atoms with E-state index < -0.39 is 5.97 Å². The number of nitrogens with zero attached hydrogens (tertiary/aromatic N) is 2. The summed E-state index contributed by atoms with van der Waals surface area (Å²) in [7, 11) is 1.87. The number of aliphatic carboxylic acids is 1. The average molecular weight is 298 g/mol. The van der Waals surface area contributed by atoms with Crippen LogP contribution in [0.5, 0.6) is 0 Å². The average Bonchev–Trinajstić information content (AvgIpc) is 2.88. The van der Waals surface area contributed by atoms with Gasteiger partial charge in [0.05, 0.1) is 6.42 Å². The number of aromatic nitrogens is 3. The lowest BCUT2D eigenvalue weighted by Crippen LogP contribution is -2.03. The minimum Gasteiger partial charge on any atom is -0.481 e. The van der Waals surface area contributed by atoms with Crippen LogP contribution in [0.1, 0.15) is 12.2 Å². The molecule has 0 saturated carbocycles. The van der Waals surface area contributed by atoms with Crippen molar-refractivity contribution in [1.29, 1.82) is 0 Å². The third-order valence-electron chi connectivity index (χ3n) is 2.55. The first-order valence-electron chi connectivity index (χ1n) is 5.15. The fourth-order valence-corrected chi connectivity index (χ4v) is 2.14. The number of rotatable bonds is 4. The van der Waals surface area contributed by atoms with E-state index in [9.17, 15) is 4.79 Å². The van der Waals surface area contributed by atoms with Crippen LogP contribution in [0.2, 0.25) is 0 Å². The highest BCUT2D eigenvalue weighted by atomic mass is 79.9. The van der Waals surface area contributed by atoms with Crippen molar-refractivity contribution in [2.24, 2.45) is 7.05 Å². The molecule has 0 saturated heterocycles. The number of halogens is 1. The van der Waals surface area contributed by atoms with Crippen LogP contribution in [-0.2, 0) is 18.3 Å². The molecule has 0 unspecified atom stereocenters. The van der Waals surface area contributed by atoms with Crippen molar-refractivity contribution in [3.05, 3.63) is 28.9 Å². The Kier molecular flexibility index (Phi) is 3.33. The molecule has 2 aromatic rings. The first kappa shape index (κ1) is 11.9. The Morgan fingerprint density at radius 2 is 2.41 bits per heavy atom. The van der Waals surface area contributed by atoms with Gasteiger partial charge in [0.2, 0.25) is 0 Å². The fraction of sp³-hybridized carbons (Fsp3) is 0.273. The highest BCUT2D eigenvalue weighted by Crippen LogP contribution is 2.28. The molecule has 0 spiro atoms. The van der Waals surface area contributed by atoms with Crippen molar-refractivity contribution in [3.8, 4) is 11.3 Å². The molecule has 0 bridgehead atoms. The summed E-state index contributed by atoms with van der Waals surface area (Å²) in [5.74, 6) is -0.0530. The van der Waals surface area contributed by atoms with Gasteiger partial charge in [0, 0.05) is 31.4 Å². The topological polar surface area (TPSA) is 70.9 Å². The molecule has 17 heavy (non-hydrogen) atoms. The molecule has 0 aliphatic carbocycles. The zero-order chi connectivity index (χ0) is 12.4. The Morgan fingerprint density at radius 1 is 1.65 bits per heavy atom. The van der Waals surface area contributed by atoms with Gasteiger partial charge in [-0.25, -0.2) is 4.98 Å². The third kappa shape index (κ3) is 2.41. The second-order valence-electron chi connectivity index (χ2n) is 3.72. The van der Waals surface area contributed by atoms with Crippen LogP contribution in [-0.4, -0.2) is 25.6 Å². The Hall–Kier alpha value is -1.56. The Bertz CT molecular complexity index is 531. The van der Waals surface area contributed by atoms with Crippen molar-refractivity contribution < 1.29 is 9.90 Å². The lowest BCUT2D eigenvalue weighted by atomic mass is 10.3. The quantitative estimate of drug-likeness (QED) is 0.909. The number of carboxylic acids is 1. The van der Waals surface area contributed by atoms with Gasteiger partial charge in [-0.05, 0) is 22.0 Å². The number of imidazole rings is 1. The van der Waals surface area contributed by atoms with Gasteiger partial charge < -0.3 is 14.7 Å². The van der Waals surface area contributed by atoms with Gasteiger partial charge in [-0.3, -0.25) is 4.79 Å². The molecule has 0 aliphatic rings. The zero-order valence-electron chi connectivity index (χ0n) is 9.27. The van der Waals surface area contributed by atoms with E-state index >= 15 is 0 Å². The Balaban J connectivity index is 2.31. The van der Waals surface area contributed by atoms with E-state index in [2.05, 4.69) is 25.9 Å². The van der Waals surface area contributed by atoms with Gasteiger partial charge in [-0.15, -0.1) is 0 Å². The van der Waals surface area contributed by atoms with Gasteiger partial charge in [0.15, 0.2) is 0 Å². The summed E-state index contributed by atoms with van der Waals surface area (Å²) in [6, 6.07) is 1.92. The maximum atomic E-state index is 10.6. The summed E-state index contributed by atoms with van der Waals surface area (Å²) in [6.07, 6.45) is 4.19. The minimum atomic E-state index is -0.813. The third-order valence-corrected chi connectivity index (χ3v) is 3.46. The maximum absolute atomic E-state index is 10.6. The van der Waals surface area contributed by atoms with Crippen molar-refractivity contribution in [1.82, 2.24) is 14.5 Å².